The van der Waals surface area contributed by atoms with Crippen molar-refractivity contribution < 1.29 is 0 Å². The maximum Gasteiger partial charge on any atom is 0.152 e. The van der Waals surface area contributed by atoms with Gasteiger partial charge >= 0.3 is 0 Å². The number of allylic oxidation sites excluding steroid dienone is 1. The minimum Gasteiger partial charge on any atom is -0.394 e. The van der Waals surface area contributed by atoms with Crippen molar-refractivity contribution in [2.45, 2.75) is 20.3 Å². The topological polar surface area (TPSA) is 38.9 Å². The van der Waals surface area contributed by atoms with E-state index in [9.17, 15) is 0 Å². The second-order valence-electron chi connectivity index (χ2n) is 5.26. The Labute approximate surface area is 120 Å². The summed E-state index contributed by atoms with van der Waals surface area (Å²) in [5.74, 6) is 0. The molecule has 3 nitrogen and oxygen atoms in total. The zero-order chi connectivity index (χ0) is 14.2. The molecule has 0 fully saturated rings. The van der Waals surface area contributed by atoms with Gasteiger partial charge in [-0.05, 0) is 12.5 Å². The molecule has 0 bridgehead atoms. The molecule has 102 valence electrons. The first kappa shape index (κ1) is 12.9. The quantitative estimate of drug-likeness (QED) is 0.858. The first-order valence-electron chi connectivity index (χ1n) is 7.07. The number of fused-ring (bicyclic) bond motifs is 1. The summed E-state index contributed by atoms with van der Waals surface area (Å²) in [6.07, 6.45) is 4.80. The van der Waals surface area contributed by atoms with Crippen molar-refractivity contribution in [3.63, 3.8) is 0 Å². The van der Waals surface area contributed by atoms with Gasteiger partial charge in [-0.2, -0.15) is 0 Å². The highest BCUT2D eigenvalue weighted by molar-refractivity contribution is 5.87. The standard InChI is InChI=1S/C17H20N3/c1-3-12-20(14-8-10-19-11-9-14)13(2)17(18)15-6-4-5-7-16(15)20/h4-11H,3,12,18H2,1-2H3/q+1. The smallest absolute Gasteiger partial charge is 0.152 e. The van der Waals surface area contributed by atoms with Crippen molar-refractivity contribution in [2.75, 3.05) is 6.54 Å². The van der Waals surface area contributed by atoms with Crippen molar-refractivity contribution in [3.8, 4) is 0 Å². The predicted octanol–water partition coefficient (Wildman–Crippen LogP) is 3.79. The van der Waals surface area contributed by atoms with Gasteiger partial charge in [-0.1, -0.05) is 19.1 Å². The molecule has 1 aromatic heterocycles. The lowest BCUT2D eigenvalue weighted by molar-refractivity contribution is 0.471. The monoisotopic (exact) mass is 266 g/mol. The first-order valence-corrected chi connectivity index (χ1v) is 7.07. The maximum absolute atomic E-state index is 6.38. The van der Waals surface area contributed by atoms with Crippen molar-refractivity contribution in [3.05, 3.63) is 60.1 Å². The zero-order valence-corrected chi connectivity index (χ0v) is 12.0. The zero-order valence-electron chi connectivity index (χ0n) is 12.0. The van der Waals surface area contributed by atoms with Crippen LogP contribution >= 0.6 is 0 Å². The Morgan fingerprint density at radius 2 is 1.80 bits per heavy atom. The molecule has 20 heavy (non-hydrogen) atoms. The fourth-order valence-electron chi connectivity index (χ4n) is 3.30. The second kappa shape index (κ2) is 4.76. The van der Waals surface area contributed by atoms with Gasteiger partial charge in [-0.25, -0.2) is 4.48 Å². The van der Waals surface area contributed by atoms with Crippen LogP contribution in [-0.2, 0) is 0 Å². The SMILES string of the molecule is CCC[N+]1(c2ccncc2)C(C)=C(N)c2ccccc21. The molecule has 1 unspecified atom stereocenters. The van der Waals surface area contributed by atoms with E-state index < -0.39 is 0 Å². The van der Waals surface area contributed by atoms with E-state index in [-0.39, 0.29) is 0 Å². The van der Waals surface area contributed by atoms with Crippen LogP contribution in [-0.4, -0.2) is 11.5 Å². The highest BCUT2D eigenvalue weighted by Crippen LogP contribution is 2.49. The van der Waals surface area contributed by atoms with Crippen LogP contribution < -0.4 is 10.2 Å². The van der Waals surface area contributed by atoms with Crippen LogP contribution in [0.2, 0.25) is 0 Å². The molecule has 0 radical (unpaired) electrons. The molecule has 1 aliphatic heterocycles. The van der Waals surface area contributed by atoms with E-state index >= 15 is 0 Å². The van der Waals surface area contributed by atoms with E-state index in [1.807, 2.05) is 12.4 Å². The normalized spacial score (nSPS) is 21.1. The van der Waals surface area contributed by atoms with E-state index in [0.29, 0.717) is 0 Å². The van der Waals surface area contributed by atoms with Crippen LogP contribution in [0.5, 0.6) is 0 Å². The summed E-state index contributed by atoms with van der Waals surface area (Å²) in [7, 11) is 0. The van der Waals surface area contributed by atoms with Crippen molar-refractivity contribution >= 4 is 17.1 Å². The Balaban J connectivity index is 2.32. The number of pyridine rings is 1. The number of benzene rings is 1. The fraction of sp³-hybridized carbons (Fsp3) is 0.235. The van der Waals surface area contributed by atoms with Gasteiger partial charge < -0.3 is 5.73 Å². The molecule has 0 amide bonds. The van der Waals surface area contributed by atoms with E-state index in [4.69, 9.17) is 5.73 Å². The third kappa shape index (κ3) is 1.60. The Bertz CT molecular complexity index is 661. The van der Waals surface area contributed by atoms with Crippen molar-refractivity contribution in [1.82, 2.24) is 9.47 Å². The van der Waals surface area contributed by atoms with Crippen LogP contribution in [0.3, 0.4) is 0 Å². The van der Waals surface area contributed by atoms with Gasteiger partial charge in [0, 0.05) is 37.5 Å². The van der Waals surface area contributed by atoms with Crippen LogP contribution in [0.1, 0.15) is 25.8 Å². The molecule has 2 N–H and O–H groups in total. The van der Waals surface area contributed by atoms with Gasteiger partial charge in [0.25, 0.3) is 0 Å². The average molecular weight is 266 g/mol. The Morgan fingerprint density at radius 3 is 2.50 bits per heavy atom. The molecule has 0 aliphatic carbocycles. The summed E-state index contributed by atoms with van der Waals surface area (Å²) in [5.41, 5.74) is 12.2. The fourth-order valence-corrected chi connectivity index (χ4v) is 3.30. The molecule has 0 saturated carbocycles. The predicted molar refractivity (Wildman–Crippen MR) is 84.1 cm³/mol. The Hall–Kier alpha value is -2.13. The van der Waals surface area contributed by atoms with E-state index in [0.717, 1.165) is 28.7 Å². The summed E-state index contributed by atoms with van der Waals surface area (Å²) >= 11 is 0. The highest BCUT2D eigenvalue weighted by atomic mass is 15.4. The van der Waals surface area contributed by atoms with Gasteiger partial charge in [-0.15, -0.1) is 0 Å². The van der Waals surface area contributed by atoms with Crippen LogP contribution in [0.25, 0.3) is 5.70 Å². The van der Waals surface area contributed by atoms with Crippen LogP contribution in [0, 0.1) is 0 Å². The highest BCUT2D eigenvalue weighted by Gasteiger charge is 2.44. The van der Waals surface area contributed by atoms with Gasteiger partial charge in [0.2, 0.25) is 0 Å². The minimum atomic E-state index is 0.723. The summed E-state index contributed by atoms with van der Waals surface area (Å²) in [6, 6.07) is 12.6. The molecular formula is C17H20N3+. The molecule has 1 aromatic carbocycles. The maximum atomic E-state index is 6.38. The third-order valence-electron chi connectivity index (χ3n) is 4.23. The van der Waals surface area contributed by atoms with E-state index in [1.54, 1.807) is 0 Å². The molecule has 1 atom stereocenters. The molecule has 3 rings (SSSR count). The lowest BCUT2D eigenvalue weighted by Crippen LogP contribution is -2.41. The number of hydrogen-bond donors (Lipinski definition) is 1. The molecule has 0 saturated heterocycles. The van der Waals surface area contributed by atoms with Crippen LogP contribution in [0.4, 0.5) is 11.4 Å². The number of para-hydroxylation sites is 1. The van der Waals surface area contributed by atoms with Crippen molar-refractivity contribution in [2.24, 2.45) is 5.73 Å². The van der Waals surface area contributed by atoms with E-state index in [1.165, 1.54) is 17.1 Å². The molecule has 0 spiro atoms. The largest absolute Gasteiger partial charge is 0.394 e. The lowest BCUT2D eigenvalue weighted by atomic mass is 10.1. The van der Waals surface area contributed by atoms with Gasteiger partial charge in [0.05, 0.1) is 12.1 Å². The lowest BCUT2D eigenvalue weighted by Gasteiger charge is -2.34. The molecular weight excluding hydrogens is 246 g/mol. The van der Waals surface area contributed by atoms with Gasteiger partial charge in [0.15, 0.2) is 5.69 Å². The number of hydrogen-bond acceptors (Lipinski definition) is 2. The van der Waals surface area contributed by atoms with Crippen LogP contribution in [0.15, 0.2) is 54.5 Å². The van der Waals surface area contributed by atoms with Gasteiger partial charge in [-0.3, -0.25) is 4.98 Å². The average Bonchev–Trinajstić information content (AvgIpc) is 2.72. The molecule has 3 heteroatoms. The summed E-state index contributed by atoms with van der Waals surface area (Å²) in [6.45, 7) is 5.37. The minimum absolute atomic E-state index is 0.723. The Kier molecular flexibility index (Phi) is 3.07. The van der Waals surface area contributed by atoms with Gasteiger partial charge in [0.1, 0.15) is 17.1 Å². The molecule has 2 aromatic rings. The number of nitrogens with zero attached hydrogens (tertiary/aromatic N) is 2. The summed E-state index contributed by atoms with van der Waals surface area (Å²) < 4.78 is 0.723. The molecule has 2 heterocycles. The Morgan fingerprint density at radius 1 is 1.10 bits per heavy atom. The second-order valence-corrected chi connectivity index (χ2v) is 5.26. The molecule has 1 aliphatic rings. The van der Waals surface area contributed by atoms with Crippen molar-refractivity contribution in [1.29, 1.82) is 0 Å². The number of nitrogens with two attached hydrogens (primary N) is 1. The third-order valence-corrected chi connectivity index (χ3v) is 4.23. The van der Waals surface area contributed by atoms with E-state index in [2.05, 4.69) is 55.2 Å². The summed E-state index contributed by atoms with van der Waals surface area (Å²) in [5, 5.41) is 0. The number of quaternary nitrogens is 1. The summed E-state index contributed by atoms with van der Waals surface area (Å²) in [4.78, 5) is 4.15. The number of aromatic nitrogens is 1. The number of rotatable bonds is 3. The first-order chi connectivity index (χ1) is 9.71.